The van der Waals surface area contributed by atoms with Gasteiger partial charge in [-0.1, -0.05) is 61.9 Å². The zero-order chi connectivity index (χ0) is 17.3. The van der Waals surface area contributed by atoms with Crippen molar-refractivity contribution in [1.82, 2.24) is 0 Å². The monoisotopic (exact) mass is 316 g/mol. The van der Waals surface area contributed by atoms with E-state index in [0.29, 0.717) is 0 Å². The van der Waals surface area contributed by atoms with Crippen LogP contribution in [0.4, 0.5) is 0 Å². The van der Waals surface area contributed by atoms with E-state index in [9.17, 15) is 4.79 Å². The lowest BCUT2D eigenvalue weighted by molar-refractivity contribution is -0.104. The number of aryl methyl sites for hydroxylation is 1. The van der Waals surface area contributed by atoms with Crippen molar-refractivity contribution in [1.29, 1.82) is 0 Å². The molecule has 0 amide bonds. The molecule has 2 aromatic carbocycles. The second-order valence-corrected chi connectivity index (χ2v) is 7.32. The van der Waals surface area contributed by atoms with Gasteiger partial charge in [0, 0.05) is 0 Å². The fourth-order valence-electron chi connectivity index (χ4n) is 3.38. The van der Waals surface area contributed by atoms with Crippen LogP contribution in [0.1, 0.15) is 55.0 Å². The summed E-state index contributed by atoms with van der Waals surface area (Å²) in [6.45, 7) is 8.69. The van der Waals surface area contributed by atoms with E-state index in [1.54, 1.807) is 6.08 Å². The number of carbonyl (C=O) groups is 1. The Bertz CT molecular complexity index is 833. The van der Waals surface area contributed by atoms with Crippen molar-refractivity contribution in [3.05, 3.63) is 82.4 Å². The van der Waals surface area contributed by atoms with Gasteiger partial charge in [0.15, 0.2) is 0 Å². The number of benzene rings is 2. The molecule has 0 fully saturated rings. The molecule has 24 heavy (non-hydrogen) atoms. The van der Waals surface area contributed by atoms with Crippen LogP contribution in [-0.4, -0.2) is 6.29 Å². The van der Waals surface area contributed by atoms with Crippen molar-refractivity contribution < 1.29 is 4.79 Å². The van der Waals surface area contributed by atoms with Crippen LogP contribution in [0.2, 0.25) is 0 Å². The summed E-state index contributed by atoms with van der Waals surface area (Å²) in [6.07, 6.45) is 5.88. The molecule has 3 rings (SSSR count). The maximum absolute atomic E-state index is 10.8. The summed E-state index contributed by atoms with van der Waals surface area (Å²) >= 11 is 0. The Morgan fingerprint density at radius 3 is 2.46 bits per heavy atom. The molecule has 2 aromatic rings. The van der Waals surface area contributed by atoms with E-state index in [-0.39, 0.29) is 5.41 Å². The molecule has 0 aromatic heterocycles. The highest BCUT2D eigenvalue weighted by Crippen LogP contribution is 2.42. The molecule has 0 heterocycles. The Hall–Kier alpha value is -2.41. The van der Waals surface area contributed by atoms with E-state index in [1.165, 1.54) is 27.8 Å². The third-order valence-electron chi connectivity index (χ3n) is 4.99. The summed E-state index contributed by atoms with van der Waals surface area (Å²) in [5.41, 5.74) is 8.72. The van der Waals surface area contributed by atoms with Crippen LogP contribution in [0.3, 0.4) is 0 Å². The van der Waals surface area contributed by atoms with Crippen molar-refractivity contribution in [3.63, 3.8) is 0 Å². The average Bonchev–Trinajstić information content (AvgIpc) is 2.56. The summed E-state index contributed by atoms with van der Waals surface area (Å²) in [5.74, 6) is 0. The Kier molecular flexibility index (Phi) is 4.28. The van der Waals surface area contributed by atoms with Gasteiger partial charge in [0.2, 0.25) is 0 Å². The maximum atomic E-state index is 10.8. The first-order valence-electron chi connectivity index (χ1n) is 8.47. The quantitative estimate of drug-likeness (QED) is 0.523. The number of hydrogen-bond acceptors (Lipinski definition) is 1. The Balaban J connectivity index is 2.17. The van der Waals surface area contributed by atoms with Gasteiger partial charge in [-0.15, -0.1) is 0 Å². The average molecular weight is 316 g/mol. The Morgan fingerprint density at radius 2 is 1.79 bits per heavy atom. The number of hydrogen-bond donors (Lipinski definition) is 0. The maximum Gasteiger partial charge on any atom is 0.143 e. The van der Waals surface area contributed by atoms with Gasteiger partial charge in [0.25, 0.3) is 0 Å². The van der Waals surface area contributed by atoms with Crippen molar-refractivity contribution in [2.75, 3.05) is 0 Å². The van der Waals surface area contributed by atoms with Gasteiger partial charge < -0.3 is 0 Å². The molecule has 122 valence electrons. The summed E-state index contributed by atoms with van der Waals surface area (Å²) in [7, 11) is 0. The van der Waals surface area contributed by atoms with Crippen molar-refractivity contribution in [2.45, 2.75) is 39.5 Å². The molecular formula is C23H24O. The van der Waals surface area contributed by atoms with Gasteiger partial charge in [-0.25, -0.2) is 0 Å². The molecule has 0 unspecified atom stereocenters. The van der Waals surface area contributed by atoms with Crippen LogP contribution in [-0.2, 0) is 10.2 Å². The molecule has 0 radical (unpaired) electrons. The number of aldehydes is 1. The lowest BCUT2D eigenvalue weighted by atomic mass is 9.71. The third kappa shape index (κ3) is 2.99. The second kappa shape index (κ2) is 6.24. The van der Waals surface area contributed by atoms with E-state index in [4.69, 9.17) is 0 Å². The summed E-state index contributed by atoms with van der Waals surface area (Å²) in [4.78, 5) is 10.8. The number of rotatable bonds is 3. The molecular weight excluding hydrogens is 292 g/mol. The molecule has 1 heteroatoms. The molecule has 0 N–H and O–H groups in total. The first-order chi connectivity index (χ1) is 11.4. The highest BCUT2D eigenvalue weighted by molar-refractivity contribution is 5.87. The topological polar surface area (TPSA) is 17.1 Å². The fraction of sp³-hybridized carbons (Fsp3) is 0.261. The number of fused-ring (bicyclic) bond motifs is 1. The van der Waals surface area contributed by atoms with Gasteiger partial charge in [-0.05, 0) is 71.2 Å². The predicted molar refractivity (Wildman–Crippen MR) is 102 cm³/mol. The van der Waals surface area contributed by atoms with Crippen LogP contribution in [0.25, 0.3) is 11.1 Å². The summed E-state index contributed by atoms with van der Waals surface area (Å²) in [5, 5.41) is 0. The fourth-order valence-corrected chi connectivity index (χ4v) is 3.38. The molecule has 0 saturated heterocycles. The lowest BCUT2D eigenvalue weighted by Gasteiger charge is -2.32. The highest BCUT2D eigenvalue weighted by atomic mass is 16.1. The molecule has 0 aliphatic heterocycles. The zero-order valence-corrected chi connectivity index (χ0v) is 14.9. The highest BCUT2D eigenvalue weighted by Gasteiger charge is 2.28. The van der Waals surface area contributed by atoms with Crippen LogP contribution >= 0.6 is 0 Å². The minimum atomic E-state index is 0.129. The van der Waals surface area contributed by atoms with Gasteiger partial charge in [0.1, 0.15) is 6.29 Å². The molecule has 0 atom stereocenters. The molecule has 1 aliphatic carbocycles. The smallest absolute Gasteiger partial charge is 0.143 e. The minimum absolute atomic E-state index is 0.129. The molecule has 0 bridgehead atoms. The third-order valence-corrected chi connectivity index (χ3v) is 4.99. The zero-order valence-electron chi connectivity index (χ0n) is 14.9. The first-order valence-corrected chi connectivity index (χ1v) is 8.47. The van der Waals surface area contributed by atoms with E-state index in [0.717, 1.165) is 23.8 Å². The normalized spacial score (nSPS) is 16.3. The van der Waals surface area contributed by atoms with Gasteiger partial charge in [-0.3, -0.25) is 4.79 Å². The van der Waals surface area contributed by atoms with E-state index in [1.807, 2.05) is 6.92 Å². The minimum Gasteiger partial charge on any atom is -0.299 e. The van der Waals surface area contributed by atoms with Crippen molar-refractivity contribution >= 4 is 17.4 Å². The van der Waals surface area contributed by atoms with E-state index >= 15 is 0 Å². The number of carbonyl (C=O) groups excluding carboxylic acids is 1. The summed E-state index contributed by atoms with van der Waals surface area (Å²) in [6, 6.07) is 15.3. The molecule has 0 saturated carbocycles. The van der Waals surface area contributed by atoms with E-state index in [2.05, 4.69) is 69.3 Å². The van der Waals surface area contributed by atoms with E-state index < -0.39 is 0 Å². The lowest BCUT2D eigenvalue weighted by Crippen LogP contribution is -2.22. The first kappa shape index (κ1) is 16.4. The van der Waals surface area contributed by atoms with Crippen LogP contribution in [0.15, 0.2) is 54.6 Å². The van der Waals surface area contributed by atoms with Gasteiger partial charge in [0.05, 0.1) is 0 Å². The SMILES string of the molecule is C/C(=C/C=O)c1ccc2c(c1)C(c1ccc(C)cc1)=CCC2(C)C. The Labute approximate surface area is 144 Å². The van der Waals surface area contributed by atoms with Crippen LogP contribution in [0, 0.1) is 6.92 Å². The largest absolute Gasteiger partial charge is 0.299 e. The second-order valence-electron chi connectivity index (χ2n) is 7.32. The van der Waals surface area contributed by atoms with Gasteiger partial charge in [-0.2, -0.15) is 0 Å². The standard InChI is InChI=1S/C23H24O/c1-16-5-7-18(8-6-16)20-11-13-23(3,4)22-10-9-19(15-21(20)22)17(2)12-14-24/h5-12,14-15H,13H2,1-4H3/b17-12-. The summed E-state index contributed by atoms with van der Waals surface area (Å²) < 4.78 is 0. The predicted octanol–water partition coefficient (Wildman–Crippen LogP) is 5.71. The van der Waals surface area contributed by atoms with Crippen molar-refractivity contribution in [2.24, 2.45) is 0 Å². The van der Waals surface area contributed by atoms with Crippen LogP contribution < -0.4 is 0 Å². The van der Waals surface area contributed by atoms with Crippen molar-refractivity contribution in [3.8, 4) is 0 Å². The molecule has 1 nitrogen and oxygen atoms in total. The van der Waals surface area contributed by atoms with Gasteiger partial charge >= 0.3 is 0 Å². The Morgan fingerprint density at radius 1 is 1.08 bits per heavy atom. The van der Waals surface area contributed by atoms with Crippen LogP contribution in [0.5, 0.6) is 0 Å². The number of allylic oxidation sites excluding steroid dienone is 3. The molecule has 1 aliphatic rings. The molecule has 0 spiro atoms.